The Morgan fingerprint density at radius 3 is 2.67 bits per heavy atom. The molecule has 1 heterocycles. The highest BCUT2D eigenvalue weighted by Crippen LogP contribution is 2.31. The molecule has 0 radical (unpaired) electrons. The lowest BCUT2D eigenvalue weighted by Gasteiger charge is -2.29. The van der Waals surface area contributed by atoms with Gasteiger partial charge < -0.3 is 10.6 Å². The van der Waals surface area contributed by atoms with Crippen LogP contribution in [0.1, 0.15) is 5.56 Å². The summed E-state index contributed by atoms with van der Waals surface area (Å²) in [5, 5.41) is 5.70. The van der Waals surface area contributed by atoms with Gasteiger partial charge >= 0.3 is 0 Å². The van der Waals surface area contributed by atoms with Gasteiger partial charge in [-0.2, -0.15) is 0 Å². The van der Waals surface area contributed by atoms with Crippen LogP contribution in [-0.2, 0) is 14.8 Å². The Bertz CT molecular complexity index is 936. The van der Waals surface area contributed by atoms with Crippen LogP contribution < -0.4 is 10.6 Å². The molecule has 7 heteroatoms. The molecule has 1 aliphatic heterocycles. The number of hydrogen-bond donors (Lipinski definition) is 2. The van der Waals surface area contributed by atoms with Crippen LogP contribution in [0.5, 0.6) is 0 Å². The molecule has 1 amide bonds. The van der Waals surface area contributed by atoms with Gasteiger partial charge in [0.25, 0.3) is 15.9 Å². The van der Waals surface area contributed by atoms with Gasteiger partial charge in [0.1, 0.15) is 10.7 Å². The molecule has 2 N–H and O–H groups in total. The average Bonchev–Trinajstić information content (AvgIpc) is 2.52. The Morgan fingerprint density at radius 1 is 1.17 bits per heavy atom. The largest absolute Gasteiger partial charge is 0.340 e. The summed E-state index contributed by atoms with van der Waals surface area (Å²) in [6.07, 6.45) is 1.23. The number of anilines is 2. The number of carbonyl (C=O) groups is 1. The number of benzene rings is 2. The fourth-order valence-electron chi connectivity index (χ4n) is 2.44. The SMILES string of the molecule is Cc1cccc(NC(=O)/C=C2/Nc3ccccc3S(=O)(=O)N2C)c1. The number of aryl methyl sites for hydroxylation is 1. The molecule has 124 valence electrons. The second-order valence-electron chi connectivity index (χ2n) is 5.48. The number of para-hydroxylation sites is 1. The van der Waals surface area contributed by atoms with E-state index in [4.69, 9.17) is 0 Å². The maximum Gasteiger partial charge on any atom is 0.267 e. The Morgan fingerprint density at radius 2 is 1.92 bits per heavy atom. The number of nitrogens with zero attached hydrogens (tertiary/aromatic N) is 1. The van der Waals surface area contributed by atoms with E-state index in [0.717, 1.165) is 9.87 Å². The molecule has 0 aliphatic carbocycles. The molecule has 0 atom stereocenters. The quantitative estimate of drug-likeness (QED) is 0.822. The molecule has 0 fully saturated rings. The average molecular weight is 343 g/mol. The van der Waals surface area contributed by atoms with E-state index in [1.165, 1.54) is 19.2 Å². The van der Waals surface area contributed by atoms with Crippen molar-refractivity contribution in [3.8, 4) is 0 Å². The van der Waals surface area contributed by atoms with E-state index >= 15 is 0 Å². The minimum absolute atomic E-state index is 0.184. The molecule has 2 aromatic rings. The van der Waals surface area contributed by atoms with Crippen LogP contribution in [0.25, 0.3) is 0 Å². The molecule has 0 saturated carbocycles. The Kier molecular flexibility index (Phi) is 4.02. The van der Waals surface area contributed by atoms with Crippen LogP contribution in [0.2, 0.25) is 0 Å². The summed E-state index contributed by atoms with van der Waals surface area (Å²) in [5.41, 5.74) is 2.12. The van der Waals surface area contributed by atoms with E-state index in [1.54, 1.807) is 24.3 Å². The molecular formula is C17H17N3O3S. The highest BCUT2D eigenvalue weighted by Gasteiger charge is 2.31. The number of fused-ring (bicyclic) bond motifs is 1. The lowest BCUT2D eigenvalue weighted by atomic mass is 10.2. The highest BCUT2D eigenvalue weighted by atomic mass is 32.2. The topological polar surface area (TPSA) is 78.5 Å². The van der Waals surface area contributed by atoms with Gasteiger partial charge in [0.2, 0.25) is 0 Å². The lowest BCUT2D eigenvalue weighted by Crippen LogP contribution is -2.35. The van der Waals surface area contributed by atoms with E-state index in [2.05, 4.69) is 10.6 Å². The maximum absolute atomic E-state index is 12.5. The second kappa shape index (κ2) is 6.01. The van der Waals surface area contributed by atoms with Crippen LogP contribution in [0.4, 0.5) is 11.4 Å². The Hall–Kier alpha value is -2.80. The van der Waals surface area contributed by atoms with Crippen molar-refractivity contribution in [2.45, 2.75) is 11.8 Å². The molecule has 0 aromatic heterocycles. The fraction of sp³-hybridized carbons (Fsp3) is 0.118. The van der Waals surface area contributed by atoms with Crippen LogP contribution in [-0.4, -0.2) is 25.7 Å². The van der Waals surface area contributed by atoms with Crippen LogP contribution in [0.15, 0.2) is 65.3 Å². The minimum Gasteiger partial charge on any atom is -0.340 e. The summed E-state index contributed by atoms with van der Waals surface area (Å²) >= 11 is 0. The summed E-state index contributed by atoms with van der Waals surface area (Å²) in [6.45, 7) is 1.92. The van der Waals surface area contributed by atoms with Crippen molar-refractivity contribution in [1.29, 1.82) is 0 Å². The number of hydrogen-bond acceptors (Lipinski definition) is 4. The first-order valence-corrected chi connectivity index (χ1v) is 8.76. The third-order valence-electron chi connectivity index (χ3n) is 3.68. The molecule has 0 spiro atoms. The smallest absolute Gasteiger partial charge is 0.267 e. The molecule has 0 saturated heterocycles. The monoisotopic (exact) mass is 343 g/mol. The van der Waals surface area contributed by atoms with E-state index < -0.39 is 15.9 Å². The number of nitrogens with one attached hydrogen (secondary N) is 2. The minimum atomic E-state index is -3.67. The van der Waals surface area contributed by atoms with Crippen molar-refractivity contribution >= 4 is 27.3 Å². The van der Waals surface area contributed by atoms with Crippen molar-refractivity contribution in [1.82, 2.24) is 4.31 Å². The first kappa shape index (κ1) is 16.1. The summed E-state index contributed by atoms with van der Waals surface area (Å²) in [5.74, 6) is -0.219. The van der Waals surface area contributed by atoms with Gasteiger partial charge in [-0.05, 0) is 36.8 Å². The zero-order valence-electron chi connectivity index (χ0n) is 13.3. The Labute approximate surface area is 140 Å². The number of rotatable bonds is 2. The number of carbonyl (C=O) groups excluding carboxylic acids is 1. The highest BCUT2D eigenvalue weighted by molar-refractivity contribution is 7.89. The molecule has 24 heavy (non-hydrogen) atoms. The van der Waals surface area contributed by atoms with Gasteiger partial charge in [-0.15, -0.1) is 0 Å². The van der Waals surface area contributed by atoms with Crippen molar-refractivity contribution < 1.29 is 13.2 Å². The lowest BCUT2D eigenvalue weighted by molar-refractivity contribution is -0.112. The van der Waals surface area contributed by atoms with Gasteiger partial charge in [-0.25, -0.2) is 8.42 Å². The first-order valence-electron chi connectivity index (χ1n) is 7.32. The van der Waals surface area contributed by atoms with Gasteiger partial charge in [0.05, 0.1) is 5.69 Å². The molecule has 0 bridgehead atoms. The third kappa shape index (κ3) is 2.98. The zero-order valence-corrected chi connectivity index (χ0v) is 14.1. The second-order valence-corrected chi connectivity index (χ2v) is 7.42. The maximum atomic E-state index is 12.5. The van der Waals surface area contributed by atoms with Crippen LogP contribution in [0, 0.1) is 6.92 Å². The Balaban J connectivity index is 1.89. The van der Waals surface area contributed by atoms with E-state index in [-0.39, 0.29) is 10.7 Å². The molecule has 1 aliphatic rings. The summed E-state index contributed by atoms with van der Waals surface area (Å²) < 4.78 is 26.1. The zero-order chi connectivity index (χ0) is 17.3. The summed E-state index contributed by atoms with van der Waals surface area (Å²) in [6, 6.07) is 13.9. The van der Waals surface area contributed by atoms with Gasteiger partial charge in [-0.3, -0.25) is 9.10 Å². The predicted octanol–water partition coefficient (Wildman–Crippen LogP) is 2.52. The van der Waals surface area contributed by atoms with Gasteiger partial charge in [-0.1, -0.05) is 24.3 Å². The fourth-order valence-corrected chi connectivity index (χ4v) is 3.74. The molecule has 0 unspecified atom stereocenters. The van der Waals surface area contributed by atoms with E-state index in [9.17, 15) is 13.2 Å². The van der Waals surface area contributed by atoms with Gasteiger partial charge in [0, 0.05) is 18.8 Å². The summed E-state index contributed by atoms with van der Waals surface area (Å²) in [4.78, 5) is 12.4. The predicted molar refractivity (Wildman–Crippen MR) is 92.9 cm³/mol. The van der Waals surface area contributed by atoms with Gasteiger partial charge in [0.15, 0.2) is 0 Å². The van der Waals surface area contributed by atoms with Crippen LogP contribution in [0.3, 0.4) is 0 Å². The number of sulfonamides is 1. The van der Waals surface area contributed by atoms with E-state index in [1.807, 2.05) is 25.1 Å². The van der Waals surface area contributed by atoms with E-state index in [0.29, 0.717) is 11.4 Å². The molecular weight excluding hydrogens is 326 g/mol. The first-order chi connectivity index (χ1) is 11.4. The third-order valence-corrected chi connectivity index (χ3v) is 5.51. The van der Waals surface area contributed by atoms with Crippen molar-refractivity contribution in [3.63, 3.8) is 0 Å². The molecule has 3 rings (SSSR count). The van der Waals surface area contributed by atoms with Crippen LogP contribution >= 0.6 is 0 Å². The standard InChI is InChI=1S/C17H17N3O3S/c1-12-6-5-7-13(10-12)18-17(21)11-16-19-14-8-3-4-9-15(14)24(22,23)20(16)2/h3-11,19H,1-2H3,(H,18,21)/b16-11-. The normalized spacial score (nSPS) is 17.1. The summed E-state index contributed by atoms with van der Waals surface area (Å²) in [7, 11) is -2.27. The van der Waals surface area contributed by atoms with Crippen molar-refractivity contribution in [2.24, 2.45) is 0 Å². The van der Waals surface area contributed by atoms with Crippen molar-refractivity contribution in [3.05, 3.63) is 66.0 Å². The molecule has 6 nitrogen and oxygen atoms in total. The van der Waals surface area contributed by atoms with Crippen molar-refractivity contribution in [2.75, 3.05) is 17.7 Å². The number of amides is 1. The molecule has 2 aromatic carbocycles.